The predicted molar refractivity (Wildman–Crippen MR) is 77.8 cm³/mol. The zero-order valence-corrected chi connectivity index (χ0v) is 12.0. The van der Waals surface area contributed by atoms with Crippen LogP contribution in [0.5, 0.6) is 0 Å². The molecule has 5 heteroatoms. The molecule has 1 saturated heterocycles. The second-order valence-corrected chi connectivity index (χ2v) is 5.86. The summed E-state index contributed by atoms with van der Waals surface area (Å²) in [6, 6.07) is 5.26. The largest absolute Gasteiger partial charge is 0.478 e. The predicted octanol–water partition coefficient (Wildman–Crippen LogP) is 3.19. The third-order valence-electron chi connectivity index (χ3n) is 4.23. The van der Waals surface area contributed by atoms with E-state index in [0.29, 0.717) is 17.2 Å². The van der Waals surface area contributed by atoms with Crippen molar-refractivity contribution in [1.29, 1.82) is 0 Å². The molecule has 0 radical (unpaired) electrons. The van der Waals surface area contributed by atoms with Crippen molar-refractivity contribution >= 4 is 23.3 Å². The van der Waals surface area contributed by atoms with Crippen LogP contribution in [0.25, 0.3) is 0 Å². The van der Waals surface area contributed by atoms with E-state index in [9.17, 15) is 9.90 Å². The molecule has 1 heterocycles. The number of hydrogen-bond donors (Lipinski definition) is 1. The molecule has 0 bridgehead atoms. The molecule has 1 aromatic rings. The Kier molecular flexibility index (Phi) is 3.85. The van der Waals surface area contributed by atoms with Crippen LogP contribution in [-0.2, 0) is 4.74 Å². The summed E-state index contributed by atoms with van der Waals surface area (Å²) < 4.78 is 5.84. The van der Waals surface area contributed by atoms with E-state index in [1.165, 1.54) is 12.8 Å². The number of morpholine rings is 1. The second-order valence-electron chi connectivity index (χ2n) is 5.42. The number of carboxylic acids is 1. The Balaban J connectivity index is 1.98. The number of carboxylic acid groups (broad SMARTS) is 1. The summed E-state index contributed by atoms with van der Waals surface area (Å²) in [6.45, 7) is 1.37. The molecule has 0 amide bonds. The topological polar surface area (TPSA) is 49.8 Å². The first-order chi connectivity index (χ1) is 9.66. The molecule has 108 valence electrons. The lowest BCUT2D eigenvalue weighted by Gasteiger charge is -2.45. The fraction of sp³-hybridized carbons (Fsp3) is 0.533. The Morgan fingerprint density at radius 1 is 1.35 bits per heavy atom. The van der Waals surface area contributed by atoms with E-state index < -0.39 is 5.97 Å². The summed E-state index contributed by atoms with van der Waals surface area (Å²) in [5, 5.41) is 9.96. The molecule has 3 rings (SSSR count). The van der Waals surface area contributed by atoms with Crippen molar-refractivity contribution in [1.82, 2.24) is 0 Å². The number of rotatable bonds is 2. The van der Waals surface area contributed by atoms with Crippen LogP contribution in [0.3, 0.4) is 0 Å². The third-order valence-corrected chi connectivity index (χ3v) is 4.47. The highest BCUT2D eigenvalue weighted by molar-refractivity contribution is 6.31. The van der Waals surface area contributed by atoms with Crippen LogP contribution in [0.15, 0.2) is 18.2 Å². The van der Waals surface area contributed by atoms with Gasteiger partial charge in [-0.05, 0) is 31.0 Å². The third kappa shape index (κ3) is 2.50. The monoisotopic (exact) mass is 295 g/mol. The van der Waals surface area contributed by atoms with Crippen LogP contribution >= 0.6 is 11.6 Å². The van der Waals surface area contributed by atoms with Gasteiger partial charge in [0.2, 0.25) is 0 Å². The van der Waals surface area contributed by atoms with E-state index in [0.717, 1.165) is 25.1 Å². The van der Waals surface area contributed by atoms with Crippen molar-refractivity contribution in [2.45, 2.75) is 37.8 Å². The SMILES string of the molecule is O=C(O)c1ccc(Cl)cc1N1CCOC2CCCCC21. The molecular formula is C15H18ClNO3. The summed E-state index contributed by atoms with van der Waals surface area (Å²) in [7, 11) is 0. The van der Waals surface area contributed by atoms with Gasteiger partial charge >= 0.3 is 5.97 Å². The number of carbonyl (C=O) groups is 1. The smallest absolute Gasteiger partial charge is 0.337 e. The van der Waals surface area contributed by atoms with Crippen molar-refractivity contribution in [2.24, 2.45) is 0 Å². The zero-order valence-electron chi connectivity index (χ0n) is 11.2. The summed E-state index contributed by atoms with van der Waals surface area (Å²) in [6.07, 6.45) is 4.69. The van der Waals surface area contributed by atoms with Crippen molar-refractivity contribution < 1.29 is 14.6 Å². The molecule has 0 aromatic heterocycles. The minimum Gasteiger partial charge on any atom is -0.478 e. The number of halogens is 1. The van der Waals surface area contributed by atoms with Crippen LogP contribution in [-0.4, -0.2) is 36.4 Å². The maximum absolute atomic E-state index is 11.4. The number of ether oxygens (including phenoxy) is 1. The van der Waals surface area contributed by atoms with Gasteiger partial charge in [-0.3, -0.25) is 0 Å². The van der Waals surface area contributed by atoms with E-state index in [2.05, 4.69) is 4.90 Å². The summed E-state index contributed by atoms with van der Waals surface area (Å²) in [4.78, 5) is 13.6. The average molecular weight is 296 g/mol. The van der Waals surface area contributed by atoms with Crippen LogP contribution in [0, 0.1) is 0 Å². The Labute approximate surface area is 123 Å². The molecule has 1 aromatic carbocycles. The quantitative estimate of drug-likeness (QED) is 0.910. The zero-order chi connectivity index (χ0) is 14.1. The molecule has 1 aliphatic heterocycles. The van der Waals surface area contributed by atoms with E-state index in [1.54, 1.807) is 18.2 Å². The summed E-state index contributed by atoms with van der Waals surface area (Å²) in [5.74, 6) is -0.907. The maximum Gasteiger partial charge on any atom is 0.337 e. The van der Waals surface area contributed by atoms with E-state index in [1.807, 2.05) is 0 Å². The van der Waals surface area contributed by atoms with Gasteiger partial charge in [0.15, 0.2) is 0 Å². The average Bonchev–Trinajstić information content (AvgIpc) is 2.46. The first-order valence-electron chi connectivity index (χ1n) is 7.08. The fourth-order valence-corrected chi connectivity index (χ4v) is 3.49. The van der Waals surface area contributed by atoms with E-state index in [-0.39, 0.29) is 12.1 Å². The first-order valence-corrected chi connectivity index (χ1v) is 7.45. The van der Waals surface area contributed by atoms with Gasteiger partial charge in [-0.25, -0.2) is 4.79 Å². The van der Waals surface area contributed by atoms with Crippen molar-refractivity contribution in [2.75, 3.05) is 18.1 Å². The Morgan fingerprint density at radius 2 is 2.15 bits per heavy atom. The minimum atomic E-state index is -0.907. The van der Waals surface area contributed by atoms with Gasteiger partial charge in [-0.15, -0.1) is 0 Å². The van der Waals surface area contributed by atoms with Crippen molar-refractivity contribution in [3.63, 3.8) is 0 Å². The molecule has 4 nitrogen and oxygen atoms in total. The number of fused-ring (bicyclic) bond motifs is 1. The van der Waals surface area contributed by atoms with Crippen molar-refractivity contribution in [3.05, 3.63) is 28.8 Å². The molecule has 20 heavy (non-hydrogen) atoms. The van der Waals surface area contributed by atoms with Crippen molar-refractivity contribution in [3.8, 4) is 0 Å². The Hall–Kier alpha value is -1.26. The molecule has 2 unspecified atom stereocenters. The molecular weight excluding hydrogens is 278 g/mol. The molecule has 0 spiro atoms. The molecule has 1 saturated carbocycles. The van der Waals surface area contributed by atoms with Crippen LogP contribution in [0.2, 0.25) is 5.02 Å². The van der Waals surface area contributed by atoms with Gasteiger partial charge in [0.25, 0.3) is 0 Å². The number of benzene rings is 1. The highest BCUT2D eigenvalue weighted by Gasteiger charge is 2.35. The summed E-state index contributed by atoms with van der Waals surface area (Å²) >= 11 is 6.07. The number of nitrogens with zero attached hydrogens (tertiary/aromatic N) is 1. The minimum absolute atomic E-state index is 0.220. The lowest BCUT2D eigenvalue weighted by Crippen LogP contribution is -2.53. The number of hydrogen-bond acceptors (Lipinski definition) is 3. The Bertz CT molecular complexity index is 518. The van der Waals surface area contributed by atoms with E-state index >= 15 is 0 Å². The second kappa shape index (κ2) is 5.62. The number of anilines is 1. The van der Waals surface area contributed by atoms with Gasteiger partial charge < -0.3 is 14.7 Å². The van der Waals surface area contributed by atoms with Gasteiger partial charge in [-0.2, -0.15) is 0 Å². The van der Waals surface area contributed by atoms with Gasteiger partial charge in [0.1, 0.15) is 0 Å². The van der Waals surface area contributed by atoms with Gasteiger partial charge in [0, 0.05) is 11.6 Å². The van der Waals surface area contributed by atoms with E-state index in [4.69, 9.17) is 16.3 Å². The fourth-order valence-electron chi connectivity index (χ4n) is 3.32. The molecule has 2 aliphatic rings. The molecule has 2 atom stereocenters. The van der Waals surface area contributed by atoms with Crippen LogP contribution in [0.4, 0.5) is 5.69 Å². The van der Waals surface area contributed by atoms with Crippen LogP contribution < -0.4 is 4.90 Å². The lowest BCUT2D eigenvalue weighted by atomic mass is 9.89. The summed E-state index contributed by atoms with van der Waals surface area (Å²) in [5.41, 5.74) is 1.05. The number of aromatic carboxylic acids is 1. The standard InChI is InChI=1S/C15H18ClNO3/c16-10-5-6-11(15(18)19)13(9-10)17-7-8-20-14-4-2-1-3-12(14)17/h5-6,9,12,14H,1-4,7-8H2,(H,18,19). The van der Waals surface area contributed by atoms with Crippen LogP contribution in [0.1, 0.15) is 36.0 Å². The molecule has 1 N–H and O–H groups in total. The lowest BCUT2D eigenvalue weighted by molar-refractivity contribution is -0.00878. The maximum atomic E-state index is 11.4. The first kappa shape index (κ1) is 13.7. The molecule has 1 aliphatic carbocycles. The van der Waals surface area contributed by atoms with Gasteiger partial charge in [-0.1, -0.05) is 24.4 Å². The normalized spacial score (nSPS) is 26.1. The highest BCUT2D eigenvalue weighted by Crippen LogP contribution is 2.34. The highest BCUT2D eigenvalue weighted by atomic mass is 35.5. The van der Waals surface area contributed by atoms with Gasteiger partial charge in [0.05, 0.1) is 30.0 Å². The molecule has 2 fully saturated rings. The Morgan fingerprint density at radius 3 is 2.95 bits per heavy atom.